The Labute approximate surface area is 167 Å². The highest BCUT2D eigenvalue weighted by atomic mass is 16.5. The van der Waals surface area contributed by atoms with Crippen molar-refractivity contribution in [3.8, 4) is 0 Å². The van der Waals surface area contributed by atoms with Gasteiger partial charge >= 0.3 is 5.97 Å². The predicted octanol–water partition coefficient (Wildman–Crippen LogP) is 3.10. The topological polar surface area (TPSA) is 95.3 Å². The average molecular weight is 394 g/mol. The standard InChI is InChI=1S/C21H22N4O4/c1-28-21(27)18-12-16(7-8-22-18)23-19(26)11-14-5-6-15-13-25(24-17(15)10-14)20-4-2-3-9-29-20/h5-8,10,12-13,20H,2-4,9,11H2,1H3,(H,22,23,26). The number of esters is 1. The Morgan fingerprint density at radius 2 is 2.17 bits per heavy atom. The molecule has 8 nitrogen and oxygen atoms in total. The first-order chi connectivity index (χ1) is 14.1. The lowest BCUT2D eigenvalue weighted by molar-refractivity contribution is -0.115. The fourth-order valence-corrected chi connectivity index (χ4v) is 3.39. The van der Waals surface area contributed by atoms with E-state index in [4.69, 9.17) is 4.74 Å². The maximum atomic E-state index is 12.4. The smallest absolute Gasteiger partial charge is 0.356 e. The molecule has 1 amide bonds. The number of methoxy groups -OCH3 is 1. The summed E-state index contributed by atoms with van der Waals surface area (Å²) in [6.45, 7) is 0.763. The number of fused-ring (bicyclic) bond motifs is 1. The van der Waals surface area contributed by atoms with Crippen molar-refractivity contribution in [2.45, 2.75) is 31.9 Å². The van der Waals surface area contributed by atoms with Gasteiger partial charge in [0.05, 0.1) is 19.0 Å². The van der Waals surface area contributed by atoms with Crippen molar-refractivity contribution in [1.82, 2.24) is 14.8 Å². The molecule has 1 N–H and O–H groups in total. The summed E-state index contributed by atoms with van der Waals surface area (Å²) in [7, 11) is 1.28. The quantitative estimate of drug-likeness (QED) is 0.668. The van der Waals surface area contributed by atoms with Crippen LogP contribution in [0, 0.1) is 0 Å². The number of aromatic nitrogens is 3. The van der Waals surface area contributed by atoms with Crippen LogP contribution in [0.4, 0.5) is 5.69 Å². The molecule has 1 aliphatic rings. The number of hydrogen-bond acceptors (Lipinski definition) is 6. The van der Waals surface area contributed by atoms with E-state index < -0.39 is 5.97 Å². The van der Waals surface area contributed by atoms with Crippen molar-refractivity contribution in [3.63, 3.8) is 0 Å². The third kappa shape index (κ3) is 4.43. The highest BCUT2D eigenvalue weighted by Gasteiger charge is 2.17. The third-order valence-corrected chi connectivity index (χ3v) is 4.84. The van der Waals surface area contributed by atoms with Crippen LogP contribution in [0.5, 0.6) is 0 Å². The first kappa shape index (κ1) is 19.1. The van der Waals surface area contributed by atoms with Crippen LogP contribution in [-0.2, 0) is 20.7 Å². The monoisotopic (exact) mass is 394 g/mol. The number of nitrogens with one attached hydrogen (secondary N) is 1. The van der Waals surface area contributed by atoms with Crippen molar-refractivity contribution in [2.75, 3.05) is 19.0 Å². The third-order valence-electron chi connectivity index (χ3n) is 4.84. The highest BCUT2D eigenvalue weighted by molar-refractivity contribution is 5.94. The first-order valence-electron chi connectivity index (χ1n) is 9.56. The summed E-state index contributed by atoms with van der Waals surface area (Å²) in [4.78, 5) is 27.9. The van der Waals surface area contributed by atoms with E-state index >= 15 is 0 Å². The molecule has 4 rings (SSSR count). The van der Waals surface area contributed by atoms with Crippen LogP contribution >= 0.6 is 0 Å². The Kier molecular flexibility index (Phi) is 5.53. The van der Waals surface area contributed by atoms with Crippen LogP contribution in [0.25, 0.3) is 10.9 Å². The number of nitrogens with zero attached hydrogens (tertiary/aromatic N) is 3. The Morgan fingerprint density at radius 1 is 1.28 bits per heavy atom. The van der Waals surface area contributed by atoms with Gasteiger partial charge in [0.2, 0.25) is 5.91 Å². The molecule has 2 aromatic heterocycles. The lowest BCUT2D eigenvalue weighted by Crippen LogP contribution is -2.18. The van der Waals surface area contributed by atoms with E-state index in [-0.39, 0.29) is 24.2 Å². The Bertz CT molecular complexity index is 1040. The second-order valence-corrected chi connectivity index (χ2v) is 6.97. The second kappa shape index (κ2) is 8.40. The number of carbonyl (C=O) groups is 2. The molecule has 3 aromatic rings. The molecule has 29 heavy (non-hydrogen) atoms. The summed E-state index contributed by atoms with van der Waals surface area (Å²) >= 11 is 0. The second-order valence-electron chi connectivity index (χ2n) is 6.97. The molecule has 0 aliphatic carbocycles. The molecule has 1 saturated heterocycles. The number of pyridine rings is 1. The van der Waals surface area contributed by atoms with Crippen LogP contribution in [0.15, 0.2) is 42.7 Å². The Hall–Kier alpha value is -3.26. The van der Waals surface area contributed by atoms with Gasteiger partial charge in [-0.15, -0.1) is 0 Å². The summed E-state index contributed by atoms with van der Waals surface area (Å²) in [5.74, 6) is -0.745. The number of hydrogen-bond donors (Lipinski definition) is 1. The highest BCUT2D eigenvalue weighted by Crippen LogP contribution is 2.24. The van der Waals surface area contributed by atoms with Crippen molar-refractivity contribution >= 4 is 28.5 Å². The van der Waals surface area contributed by atoms with E-state index in [9.17, 15) is 9.59 Å². The number of anilines is 1. The molecule has 1 atom stereocenters. The van der Waals surface area contributed by atoms with Crippen molar-refractivity contribution in [3.05, 3.63) is 54.0 Å². The summed E-state index contributed by atoms with van der Waals surface area (Å²) in [6.07, 6.45) is 6.81. The van der Waals surface area contributed by atoms with Gasteiger partial charge in [0.25, 0.3) is 0 Å². The number of benzene rings is 1. The number of carbonyl (C=O) groups excluding carboxylic acids is 2. The van der Waals surface area contributed by atoms with E-state index in [0.717, 1.165) is 42.3 Å². The van der Waals surface area contributed by atoms with E-state index in [1.807, 2.05) is 29.1 Å². The van der Waals surface area contributed by atoms with Gasteiger partial charge in [-0.2, -0.15) is 5.10 Å². The lowest BCUT2D eigenvalue weighted by atomic mass is 10.1. The molecule has 0 saturated carbocycles. The van der Waals surface area contributed by atoms with Gasteiger partial charge < -0.3 is 14.8 Å². The van der Waals surface area contributed by atoms with Crippen molar-refractivity contribution < 1.29 is 19.1 Å². The van der Waals surface area contributed by atoms with E-state index in [2.05, 4.69) is 20.1 Å². The Morgan fingerprint density at radius 3 is 2.97 bits per heavy atom. The molecule has 8 heteroatoms. The zero-order valence-corrected chi connectivity index (χ0v) is 16.1. The van der Waals surface area contributed by atoms with Crippen LogP contribution in [0.2, 0.25) is 0 Å². The van der Waals surface area contributed by atoms with Gasteiger partial charge in [-0.25, -0.2) is 14.5 Å². The van der Waals surface area contributed by atoms with Gasteiger partial charge in [-0.05, 0) is 43.0 Å². The van der Waals surface area contributed by atoms with Gasteiger partial charge in [0.1, 0.15) is 11.9 Å². The van der Waals surface area contributed by atoms with E-state index in [1.165, 1.54) is 19.4 Å². The van der Waals surface area contributed by atoms with Gasteiger partial charge in [0, 0.05) is 30.1 Å². The predicted molar refractivity (Wildman–Crippen MR) is 106 cm³/mol. The molecule has 0 radical (unpaired) electrons. The Balaban J connectivity index is 1.44. The normalized spacial score (nSPS) is 16.5. The van der Waals surface area contributed by atoms with Crippen molar-refractivity contribution in [2.24, 2.45) is 0 Å². The summed E-state index contributed by atoms with van der Waals surface area (Å²) < 4.78 is 12.3. The summed E-state index contributed by atoms with van der Waals surface area (Å²) in [5, 5.41) is 8.43. The molecular formula is C21H22N4O4. The maximum absolute atomic E-state index is 12.4. The van der Waals surface area contributed by atoms with Crippen LogP contribution in [0.3, 0.4) is 0 Å². The van der Waals surface area contributed by atoms with Crippen LogP contribution in [-0.4, -0.2) is 40.4 Å². The molecule has 150 valence electrons. The fourth-order valence-electron chi connectivity index (χ4n) is 3.39. The molecule has 1 unspecified atom stereocenters. The zero-order chi connectivity index (χ0) is 20.2. The number of ether oxygens (including phenoxy) is 2. The molecule has 3 heterocycles. The molecule has 0 spiro atoms. The molecule has 1 fully saturated rings. The SMILES string of the molecule is COC(=O)c1cc(NC(=O)Cc2ccc3cn(C4CCCCO4)nc3c2)ccn1. The minimum absolute atomic E-state index is 0.0152. The van der Waals surface area contributed by atoms with Crippen LogP contribution < -0.4 is 5.32 Å². The van der Waals surface area contributed by atoms with Gasteiger partial charge in [-0.3, -0.25) is 4.79 Å². The molecule has 1 aliphatic heterocycles. The van der Waals surface area contributed by atoms with E-state index in [1.54, 1.807) is 6.07 Å². The van der Waals surface area contributed by atoms with Gasteiger partial charge in [-0.1, -0.05) is 12.1 Å². The zero-order valence-electron chi connectivity index (χ0n) is 16.1. The first-order valence-corrected chi connectivity index (χ1v) is 9.56. The number of amides is 1. The minimum atomic E-state index is -0.552. The van der Waals surface area contributed by atoms with Crippen molar-refractivity contribution in [1.29, 1.82) is 0 Å². The van der Waals surface area contributed by atoms with Gasteiger partial charge in [0.15, 0.2) is 0 Å². The van der Waals surface area contributed by atoms with E-state index in [0.29, 0.717) is 5.69 Å². The maximum Gasteiger partial charge on any atom is 0.356 e. The molecule has 1 aromatic carbocycles. The van der Waals surface area contributed by atoms with Crippen LogP contribution in [0.1, 0.15) is 41.5 Å². The fraction of sp³-hybridized carbons (Fsp3) is 0.333. The average Bonchev–Trinajstić information content (AvgIpc) is 3.17. The summed E-state index contributed by atoms with van der Waals surface area (Å²) in [5.41, 5.74) is 2.32. The molecular weight excluding hydrogens is 372 g/mol. The summed E-state index contributed by atoms with van der Waals surface area (Å²) in [6, 6.07) is 8.91. The number of rotatable bonds is 5. The molecule has 0 bridgehead atoms. The minimum Gasteiger partial charge on any atom is -0.464 e. The lowest BCUT2D eigenvalue weighted by Gasteiger charge is -2.22. The largest absolute Gasteiger partial charge is 0.464 e.